The Morgan fingerprint density at radius 3 is 1.53 bits per heavy atom. The van der Waals surface area contributed by atoms with Crippen molar-refractivity contribution in [3.63, 3.8) is 0 Å². The van der Waals surface area contributed by atoms with Crippen molar-refractivity contribution in [2.45, 2.75) is 283 Å². The normalized spacial score (nSPS) is 16.2. The average Bonchev–Trinajstić information content (AvgIpc) is 3.18. The van der Waals surface area contributed by atoms with Crippen LogP contribution in [0.2, 0.25) is 0 Å². The molecule has 0 aromatic heterocycles. The van der Waals surface area contributed by atoms with Crippen molar-refractivity contribution in [3.8, 4) is 0 Å². The number of aliphatic hydroxyl groups excluding tert-OH is 1. The van der Waals surface area contributed by atoms with E-state index in [4.69, 9.17) is 14.2 Å². The third kappa shape index (κ3) is 29.7. The predicted octanol–water partition coefficient (Wildman–Crippen LogP) is 13.6. The van der Waals surface area contributed by atoms with Gasteiger partial charge in [0.1, 0.15) is 6.04 Å². The first-order valence-electron chi connectivity index (χ1n) is 24.4. The second-order valence-electron chi connectivity index (χ2n) is 17.1. The van der Waals surface area contributed by atoms with Gasteiger partial charge >= 0.3 is 11.9 Å². The van der Waals surface area contributed by atoms with E-state index in [0.717, 1.165) is 70.6 Å². The second-order valence-corrected chi connectivity index (χ2v) is 17.1. The molecule has 1 heterocycles. The third-order valence-corrected chi connectivity index (χ3v) is 11.7. The van der Waals surface area contributed by atoms with Gasteiger partial charge < -0.3 is 24.6 Å². The molecule has 2 N–H and O–H groups in total. The topological polar surface area (TPSA) is 94.1 Å². The molecule has 1 aliphatic rings. The van der Waals surface area contributed by atoms with Crippen LogP contribution in [0.4, 0.5) is 0 Å². The van der Waals surface area contributed by atoms with Crippen molar-refractivity contribution < 1.29 is 28.9 Å². The SMILES string of the molecule is CCCCCCCCC(CCCCCCCC)OC(CCCCCCCC)(CCCCCCCC)OC(=O)CCCCCCCOC(=O)[C@@H]1C[C@H](O)CCN1. The van der Waals surface area contributed by atoms with Crippen LogP contribution in [-0.4, -0.2) is 54.2 Å². The molecular weight excluding hydrogens is 687 g/mol. The Hall–Kier alpha value is -1.18. The highest BCUT2D eigenvalue weighted by molar-refractivity contribution is 5.76. The lowest BCUT2D eigenvalue weighted by Gasteiger charge is -2.37. The van der Waals surface area contributed by atoms with Crippen LogP contribution in [0, 0.1) is 0 Å². The van der Waals surface area contributed by atoms with Gasteiger partial charge in [-0.05, 0) is 57.9 Å². The molecule has 1 rings (SSSR count). The van der Waals surface area contributed by atoms with E-state index >= 15 is 0 Å². The number of carbonyl (C=O) groups is 2. The minimum atomic E-state index is -0.811. The molecule has 0 aliphatic carbocycles. The highest BCUT2D eigenvalue weighted by Crippen LogP contribution is 2.34. The van der Waals surface area contributed by atoms with Crippen molar-refractivity contribution in [2.75, 3.05) is 13.2 Å². The molecule has 326 valence electrons. The highest BCUT2D eigenvalue weighted by atomic mass is 16.7. The van der Waals surface area contributed by atoms with Crippen LogP contribution in [0.3, 0.4) is 0 Å². The molecule has 0 aromatic rings. The molecule has 0 radical (unpaired) electrons. The van der Waals surface area contributed by atoms with Gasteiger partial charge in [0.05, 0.1) is 18.8 Å². The first kappa shape index (κ1) is 51.8. The smallest absolute Gasteiger partial charge is 0.323 e. The van der Waals surface area contributed by atoms with E-state index in [0.29, 0.717) is 32.4 Å². The van der Waals surface area contributed by atoms with Crippen LogP contribution in [0.1, 0.15) is 259 Å². The maximum absolute atomic E-state index is 13.7. The van der Waals surface area contributed by atoms with Crippen LogP contribution < -0.4 is 5.32 Å². The average molecular weight is 780 g/mol. The monoisotopic (exact) mass is 780 g/mol. The lowest BCUT2D eigenvalue weighted by molar-refractivity contribution is -0.259. The van der Waals surface area contributed by atoms with Gasteiger partial charge in [-0.15, -0.1) is 0 Å². The van der Waals surface area contributed by atoms with Crippen molar-refractivity contribution >= 4 is 11.9 Å². The van der Waals surface area contributed by atoms with Crippen molar-refractivity contribution in [3.05, 3.63) is 0 Å². The van der Waals surface area contributed by atoms with E-state index < -0.39 is 17.9 Å². The molecule has 2 atom stereocenters. The summed E-state index contributed by atoms with van der Waals surface area (Å²) in [6.07, 6.45) is 39.6. The summed E-state index contributed by atoms with van der Waals surface area (Å²) in [6.45, 7) is 10.2. The van der Waals surface area contributed by atoms with Crippen molar-refractivity contribution in [2.24, 2.45) is 0 Å². The predicted molar refractivity (Wildman–Crippen MR) is 231 cm³/mol. The van der Waals surface area contributed by atoms with Crippen LogP contribution in [0.25, 0.3) is 0 Å². The lowest BCUT2D eigenvalue weighted by Crippen LogP contribution is -2.46. The van der Waals surface area contributed by atoms with E-state index in [1.807, 2.05) is 0 Å². The molecule has 1 saturated heterocycles. The number of carbonyl (C=O) groups excluding carboxylic acids is 2. The van der Waals surface area contributed by atoms with Crippen LogP contribution in [0.5, 0.6) is 0 Å². The summed E-state index contributed by atoms with van der Waals surface area (Å²) in [6, 6.07) is -0.394. The number of hydrogen-bond acceptors (Lipinski definition) is 7. The molecule has 0 amide bonds. The number of unbranched alkanes of at least 4 members (excludes halogenated alkanes) is 24. The number of esters is 2. The van der Waals surface area contributed by atoms with E-state index in [1.54, 1.807) is 0 Å². The zero-order valence-electron chi connectivity index (χ0n) is 37.1. The Labute approximate surface area is 341 Å². The number of aliphatic hydroxyl groups is 1. The summed E-state index contributed by atoms with van der Waals surface area (Å²) >= 11 is 0. The van der Waals surface area contributed by atoms with Gasteiger partial charge in [-0.2, -0.15) is 0 Å². The molecule has 1 aliphatic heterocycles. The molecule has 0 saturated carbocycles. The van der Waals surface area contributed by atoms with Gasteiger partial charge in [-0.25, -0.2) is 0 Å². The summed E-state index contributed by atoms with van der Waals surface area (Å²) in [5, 5.41) is 13.0. The Morgan fingerprint density at radius 2 is 1.04 bits per heavy atom. The molecule has 1 fully saturated rings. The maximum Gasteiger partial charge on any atom is 0.323 e. The minimum absolute atomic E-state index is 0.0917. The summed E-state index contributed by atoms with van der Waals surface area (Å²) in [5.41, 5.74) is 0. The molecule has 0 spiro atoms. The maximum atomic E-state index is 13.7. The van der Waals surface area contributed by atoms with E-state index in [1.165, 1.54) is 141 Å². The van der Waals surface area contributed by atoms with E-state index in [9.17, 15) is 14.7 Å². The lowest BCUT2D eigenvalue weighted by atomic mass is 9.97. The second kappa shape index (κ2) is 37.1. The number of ether oxygens (including phenoxy) is 3. The molecule has 55 heavy (non-hydrogen) atoms. The summed E-state index contributed by atoms with van der Waals surface area (Å²) < 4.78 is 19.4. The van der Waals surface area contributed by atoms with Crippen molar-refractivity contribution in [1.82, 2.24) is 5.32 Å². The number of hydrogen-bond donors (Lipinski definition) is 2. The van der Waals surface area contributed by atoms with Gasteiger partial charge in [0.15, 0.2) is 0 Å². The third-order valence-electron chi connectivity index (χ3n) is 11.7. The first-order chi connectivity index (χ1) is 26.9. The van der Waals surface area contributed by atoms with Gasteiger partial charge in [-0.1, -0.05) is 188 Å². The quantitative estimate of drug-likeness (QED) is 0.0363. The Balaban J connectivity index is 2.87. The highest BCUT2D eigenvalue weighted by Gasteiger charge is 2.37. The Kier molecular flexibility index (Phi) is 35.0. The summed E-state index contributed by atoms with van der Waals surface area (Å²) in [4.78, 5) is 26.0. The Bertz CT molecular complexity index is 835. The molecule has 0 unspecified atom stereocenters. The number of rotatable bonds is 40. The van der Waals surface area contributed by atoms with E-state index in [-0.39, 0.29) is 18.0 Å². The summed E-state index contributed by atoms with van der Waals surface area (Å²) in [7, 11) is 0. The molecule has 0 aromatic carbocycles. The minimum Gasteiger partial charge on any atom is -0.465 e. The molecule has 0 bridgehead atoms. The largest absolute Gasteiger partial charge is 0.465 e. The van der Waals surface area contributed by atoms with Crippen LogP contribution >= 0.6 is 0 Å². The fourth-order valence-electron chi connectivity index (χ4n) is 8.10. The molecule has 7 nitrogen and oxygen atoms in total. The first-order valence-corrected chi connectivity index (χ1v) is 24.4. The molecule has 7 heteroatoms. The van der Waals surface area contributed by atoms with Crippen molar-refractivity contribution in [1.29, 1.82) is 0 Å². The summed E-state index contributed by atoms with van der Waals surface area (Å²) in [5.74, 6) is -1.16. The van der Waals surface area contributed by atoms with E-state index in [2.05, 4.69) is 33.0 Å². The standard InChI is InChI=1S/C48H93NO6/c1-5-9-13-17-22-28-34-44(35-29-23-18-14-10-6-2)54-48(38-31-25-19-15-11-7-3,39-32-26-20-16-12-8-4)55-46(51)36-30-24-21-27-33-41-53-47(52)45-42-43(50)37-40-49-45/h43-45,49-50H,5-42H2,1-4H3/t43-,45+/m1/s1. The van der Waals surface area contributed by atoms with Gasteiger partial charge in [-0.3, -0.25) is 9.59 Å². The number of piperidine rings is 1. The molecular formula is C48H93NO6. The van der Waals surface area contributed by atoms with Crippen LogP contribution in [-0.2, 0) is 23.8 Å². The zero-order valence-corrected chi connectivity index (χ0v) is 37.1. The Morgan fingerprint density at radius 1 is 0.600 bits per heavy atom. The zero-order chi connectivity index (χ0) is 40.1. The fourth-order valence-corrected chi connectivity index (χ4v) is 8.10. The van der Waals surface area contributed by atoms with Gasteiger partial charge in [0.25, 0.3) is 0 Å². The van der Waals surface area contributed by atoms with Gasteiger partial charge in [0.2, 0.25) is 5.79 Å². The fraction of sp³-hybridized carbons (Fsp3) is 0.958. The van der Waals surface area contributed by atoms with Gasteiger partial charge in [0, 0.05) is 19.3 Å². The van der Waals surface area contributed by atoms with Crippen LogP contribution in [0.15, 0.2) is 0 Å². The number of nitrogens with one attached hydrogen (secondary N) is 1.